The first-order valence-corrected chi connectivity index (χ1v) is 4.05. The van der Waals surface area contributed by atoms with Crippen LogP contribution < -0.4 is 5.73 Å². The molecule has 0 aromatic heterocycles. The van der Waals surface area contributed by atoms with Gasteiger partial charge in [-0.15, -0.1) is 0 Å². The van der Waals surface area contributed by atoms with Gasteiger partial charge in [0.15, 0.2) is 11.6 Å². The molecule has 0 bridgehead atoms. The molecule has 0 aliphatic carbocycles. The van der Waals surface area contributed by atoms with Crippen LogP contribution >= 0.6 is 11.6 Å². The molecule has 0 unspecified atom stereocenters. The van der Waals surface area contributed by atoms with E-state index < -0.39 is 39.6 Å². The summed E-state index contributed by atoms with van der Waals surface area (Å²) in [5, 5.41) is -1.21. The number of halogens is 6. The predicted octanol–water partition coefficient (Wildman–Crippen LogP) is 3.53. The molecule has 1 nitrogen and oxygen atoms in total. The van der Waals surface area contributed by atoms with E-state index in [0.717, 1.165) is 6.92 Å². The van der Waals surface area contributed by atoms with E-state index in [4.69, 9.17) is 17.3 Å². The summed E-state index contributed by atoms with van der Waals surface area (Å²) in [5.74, 6) is -3.03. The van der Waals surface area contributed by atoms with Crippen molar-refractivity contribution in [1.29, 1.82) is 0 Å². The highest BCUT2D eigenvalue weighted by atomic mass is 35.5. The Labute approximate surface area is 86.6 Å². The number of nitrogen functional groups attached to an aromatic ring is 1. The van der Waals surface area contributed by atoms with Gasteiger partial charge in [0.1, 0.15) is 5.69 Å². The SMILES string of the molecule is Cc1c(F)c(N)c(F)c(Cl)c1C(F)(F)F. The minimum Gasteiger partial charge on any atom is -0.394 e. The quantitative estimate of drug-likeness (QED) is 0.422. The van der Waals surface area contributed by atoms with E-state index in [-0.39, 0.29) is 0 Å². The van der Waals surface area contributed by atoms with Gasteiger partial charge in [0.25, 0.3) is 0 Å². The Hall–Kier alpha value is -1.04. The summed E-state index contributed by atoms with van der Waals surface area (Å²) in [6.07, 6.45) is -4.92. The van der Waals surface area contributed by atoms with Crippen LogP contribution in [0.3, 0.4) is 0 Å². The van der Waals surface area contributed by atoms with Crippen LogP contribution in [0.1, 0.15) is 11.1 Å². The highest BCUT2D eigenvalue weighted by Gasteiger charge is 2.38. The Balaban J connectivity index is 3.68. The summed E-state index contributed by atoms with van der Waals surface area (Å²) < 4.78 is 63.0. The molecule has 0 aliphatic rings. The molecule has 1 rings (SSSR count). The Morgan fingerprint density at radius 1 is 1.13 bits per heavy atom. The van der Waals surface area contributed by atoms with Crippen molar-refractivity contribution in [2.75, 3.05) is 5.73 Å². The number of anilines is 1. The lowest BCUT2D eigenvalue weighted by Gasteiger charge is -2.14. The predicted molar refractivity (Wildman–Crippen MR) is 45.5 cm³/mol. The summed E-state index contributed by atoms with van der Waals surface area (Å²) in [6, 6.07) is 0. The lowest BCUT2D eigenvalue weighted by Crippen LogP contribution is -2.13. The second-order valence-electron chi connectivity index (χ2n) is 2.85. The van der Waals surface area contributed by atoms with Gasteiger partial charge in [-0.1, -0.05) is 11.6 Å². The molecule has 0 saturated heterocycles. The number of nitrogens with two attached hydrogens (primary N) is 1. The van der Waals surface area contributed by atoms with Crippen molar-refractivity contribution in [1.82, 2.24) is 0 Å². The Kier molecular flexibility index (Phi) is 2.82. The molecule has 0 atom stereocenters. The molecule has 0 radical (unpaired) electrons. The van der Waals surface area contributed by atoms with Crippen LogP contribution in [0.25, 0.3) is 0 Å². The Morgan fingerprint density at radius 3 is 2.00 bits per heavy atom. The molecule has 0 fully saturated rings. The molecule has 0 amide bonds. The number of alkyl halides is 3. The van der Waals surface area contributed by atoms with Crippen molar-refractivity contribution in [3.63, 3.8) is 0 Å². The maximum absolute atomic E-state index is 13.0. The van der Waals surface area contributed by atoms with E-state index in [1.165, 1.54) is 0 Å². The average Bonchev–Trinajstić information content (AvgIpc) is 2.09. The van der Waals surface area contributed by atoms with Crippen LogP contribution in [-0.2, 0) is 6.18 Å². The van der Waals surface area contributed by atoms with Gasteiger partial charge in [-0.2, -0.15) is 13.2 Å². The van der Waals surface area contributed by atoms with Gasteiger partial charge < -0.3 is 5.73 Å². The molecule has 1 aromatic rings. The molecular formula is C8H5ClF5N. The fraction of sp³-hybridized carbons (Fsp3) is 0.250. The van der Waals surface area contributed by atoms with Gasteiger partial charge in [0.2, 0.25) is 0 Å². The Morgan fingerprint density at radius 2 is 1.60 bits per heavy atom. The van der Waals surface area contributed by atoms with Crippen molar-refractivity contribution < 1.29 is 22.0 Å². The fourth-order valence-electron chi connectivity index (χ4n) is 1.14. The van der Waals surface area contributed by atoms with Crippen molar-refractivity contribution in [3.05, 3.63) is 27.8 Å². The van der Waals surface area contributed by atoms with Gasteiger partial charge in [0, 0.05) is 5.56 Å². The lowest BCUT2D eigenvalue weighted by atomic mass is 10.1. The van der Waals surface area contributed by atoms with E-state index in [0.29, 0.717) is 0 Å². The molecule has 84 valence electrons. The summed E-state index contributed by atoms with van der Waals surface area (Å²) in [6.45, 7) is 0.833. The van der Waals surface area contributed by atoms with E-state index in [1.54, 1.807) is 0 Å². The first-order chi connectivity index (χ1) is 6.68. The number of hydrogen-bond donors (Lipinski definition) is 1. The molecule has 7 heteroatoms. The van der Waals surface area contributed by atoms with Crippen molar-refractivity contribution >= 4 is 17.3 Å². The van der Waals surface area contributed by atoms with Crippen molar-refractivity contribution in [3.8, 4) is 0 Å². The zero-order valence-electron chi connectivity index (χ0n) is 7.35. The van der Waals surface area contributed by atoms with Gasteiger partial charge >= 0.3 is 6.18 Å². The van der Waals surface area contributed by atoms with Crippen LogP contribution in [0.4, 0.5) is 27.6 Å². The zero-order chi connectivity index (χ0) is 12.0. The minimum atomic E-state index is -4.92. The molecule has 2 N–H and O–H groups in total. The van der Waals surface area contributed by atoms with Gasteiger partial charge in [-0.3, -0.25) is 0 Å². The van der Waals surface area contributed by atoms with Gasteiger partial charge in [-0.25, -0.2) is 8.78 Å². The molecular weight excluding hydrogens is 241 g/mol. The van der Waals surface area contributed by atoms with E-state index in [1.807, 2.05) is 0 Å². The van der Waals surface area contributed by atoms with E-state index >= 15 is 0 Å². The number of rotatable bonds is 0. The third-order valence-electron chi connectivity index (χ3n) is 1.87. The number of benzene rings is 1. The fourth-order valence-corrected chi connectivity index (χ4v) is 1.49. The highest BCUT2D eigenvalue weighted by Crippen LogP contribution is 2.41. The van der Waals surface area contributed by atoms with Crippen LogP contribution in [0, 0.1) is 18.6 Å². The first-order valence-electron chi connectivity index (χ1n) is 3.67. The normalized spacial score (nSPS) is 11.9. The molecule has 0 aliphatic heterocycles. The van der Waals surface area contributed by atoms with E-state index in [2.05, 4.69) is 0 Å². The van der Waals surface area contributed by atoms with Crippen LogP contribution in [0.5, 0.6) is 0 Å². The second-order valence-corrected chi connectivity index (χ2v) is 3.23. The smallest absolute Gasteiger partial charge is 0.394 e. The largest absolute Gasteiger partial charge is 0.418 e. The molecule has 0 heterocycles. The Bertz CT molecular complexity index is 383. The minimum absolute atomic E-state index is 0.814. The molecule has 1 aromatic carbocycles. The van der Waals surface area contributed by atoms with Crippen LogP contribution in [-0.4, -0.2) is 0 Å². The summed E-state index contributed by atoms with van der Waals surface area (Å²) in [4.78, 5) is 0. The lowest BCUT2D eigenvalue weighted by molar-refractivity contribution is -0.138. The summed E-state index contributed by atoms with van der Waals surface area (Å²) in [5.41, 5.74) is 1.54. The average molecular weight is 246 g/mol. The third kappa shape index (κ3) is 1.86. The second kappa shape index (κ2) is 3.52. The maximum atomic E-state index is 13.0. The molecule has 0 spiro atoms. The standard InChI is InChI=1S/C8H5ClF5N/c1-2-3(8(12,13)14)4(9)6(11)7(15)5(2)10/h15H2,1H3. The summed E-state index contributed by atoms with van der Waals surface area (Å²) >= 11 is 5.12. The third-order valence-corrected chi connectivity index (χ3v) is 2.23. The van der Waals surface area contributed by atoms with Crippen LogP contribution in [0.2, 0.25) is 5.02 Å². The number of hydrogen-bond acceptors (Lipinski definition) is 1. The van der Waals surface area contributed by atoms with E-state index in [9.17, 15) is 22.0 Å². The van der Waals surface area contributed by atoms with Gasteiger partial charge in [0.05, 0.1) is 10.6 Å². The summed E-state index contributed by atoms with van der Waals surface area (Å²) in [7, 11) is 0. The van der Waals surface area contributed by atoms with Crippen molar-refractivity contribution in [2.45, 2.75) is 13.1 Å². The molecule has 15 heavy (non-hydrogen) atoms. The van der Waals surface area contributed by atoms with Crippen LogP contribution in [0.15, 0.2) is 0 Å². The topological polar surface area (TPSA) is 26.0 Å². The molecule has 0 saturated carbocycles. The first kappa shape index (κ1) is 12.0. The van der Waals surface area contributed by atoms with Crippen molar-refractivity contribution in [2.24, 2.45) is 0 Å². The monoisotopic (exact) mass is 245 g/mol. The van der Waals surface area contributed by atoms with Gasteiger partial charge in [-0.05, 0) is 6.92 Å². The maximum Gasteiger partial charge on any atom is 0.418 e. The highest BCUT2D eigenvalue weighted by molar-refractivity contribution is 6.32. The zero-order valence-corrected chi connectivity index (χ0v) is 8.10.